The summed E-state index contributed by atoms with van der Waals surface area (Å²) in [6, 6.07) is 3.20. The number of carbonyl (C=O) groups is 1. The summed E-state index contributed by atoms with van der Waals surface area (Å²) in [5, 5.41) is 9.33. The molecule has 0 aliphatic carbocycles. The monoisotopic (exact) mass is 265 g/mol. The first kappa shape index (κ1) is 15.5. The fourth-order valence-electron chi connectivity index (χ4n) is 2.45. The van der Waals surface area contributed by atoms with Crippen molar-refractivity contribution in [2.45, 2.75) is 33.7 Å². The summed E-state index contributed by atoms with van der Waals surface area (Å²) in [4.78, 5) is 11.4. The Morgan fingerprint density at radius 2 is 1.84 bits per heavy atom. The smallest absolute Gasteiger partial charge is 0.308 e. The number of ether oxygens (including phenoxy) is 1. The summed E-state index contributed by atoms with van der Waals surface area (Å²) in [6.07, 6.45) is 0. The van der Waals surface area contributed by atoms with Crippen LogP contribution < -0.4 is 10.5 Å². The Hall–Kier alpha value is -1.55. The molecule has 3 N–H and O–H groups in total. The van der Waals surface area contributed by atoms with Crippen LogP contribution in [0.5, 0.6) is 5.75 Å². The zero-order valence-corrected chi connectivity index (χ0v) is 12.2. The summed E-state index contributed by atoms with van der Waals surface area (Å²) >= 11 is 0. The summed E-state index contributed by atoms with van der Waals surface area (Å²) in [7, 11) is 1.62. The normalized spacial score (nSPS) is 14.3. The topological polar surface area (TPSA) is 72.5 Å². The van der Waals surface area contributed by atoms with Crippen LogP contribution in [0.25, 0.3) is 0 Å². The van der Waals surface area contributed by atoms with E-state index in [1.807, 2.05) is 39.8 Å². The van der Waals surface area contributed by atoms with Crippen LogP contribution in [0.4, 0.5) is 0 Å². The second kappa shape index (κ2) is 6.06. The van der Waals surface area contributed by atoms with Gasteiger partial charge in [-0.2, -0.15) is 0 Å². The SMILES string of the molecule is COc1ccc(C(N)C(C(=O)O)C(C)C)c(C)c1C. The van der Waals surface area contributed by atoms with Gasteiger partial charge in [0, 0.05) is 6.04 Å². The van der Waals surface area contributed by atoms with Crippen LogP contribution in [0.3, 0.4) is 0 Å². The Balaban J connectivity index is 3.22. The fraction of sp³-hybridized carbons (Fsp3) is 0.533. The predicted molar refractivity (Wildman–Crippen MR) is 75.4 cm³/mol. The van der Waals surface area contributed by atoms with Gasteiger partial charge in [0.15, 0.2) is 0 Å². The van der Waals surface area contributed by atoms with Gasteiger partial charge in [0.2, 0.25) is 0 Å². The molecule has 0 heterocycles. The number of benzene rings is 1. The lowest BCUT2D eigenvalue weighted by Crippen LogP contribution is -2.32. The van der Waals surface area contributed by atoms with Crippen LogP contribution in [-0.2, 0) is 4.79 Å². The van der Waals surface area contributed by atoms with Crippen molar-refractivity contribution in [2.24, 2.45) is 17.6 Å². The van der Waals surface area contributed by atoms with Crippen molar-refractivity contribution < 1.29 is 14.6 Å². The molecule has 4 nitrogen and oxygen atoms in total. The quantitative estimate of drug-likeness (QED) is 0.858. The zero-order chi connectivity index (χ0) is 14.7. The molecular formula is C15H23NO3. The second-order valence-electron chi connectivity index (χ2n) is 5.24. The van der Waals surface area contributed by atoms with E-state index >= 15 is 0 Å². The summed E-state index contributed by atoms with van der Waals surface area (Å²) < 4.78 is 5.26. The van der Waals surface area contributed by atoms with Gasteiger partial charge in [0.05, 0.1) is 13.0 Å². The van der Waals surface area contributed by atoms with Gasteiger partial charge in [0.1, 0.15) is 5.75 Å². The summed E-state index contributed by atoms with van der Waals surface area (Å²) in [5.74, 6) is -0.666. The minimum atomic E-state index is -0.852. The zero-order valence-electron chi connectivity index (χ0n) is 12.2. The number of methoxy groups -OCH3 is 1. The van der Waals surface area contributed by atoms with Gasteiger partial charge in [-0.15, -0.1) is 0 Å². The average Bonchev–Trinajstić information content (AvgIpc) is 2.31. The maximum atomic E-state index is 11.4. The minimum Gasteiger partial charge on any atom is -0.496 e. The van der Waals surface area contributed by atoms with Crippen LogP contribution in [-0.4, -0.2) is 18.2 Å². The first-order valence-electron chi connectivity index (χ1n) is 6.43. The molecule has 1 aromatic rings. The number of hydrogen-bond acceptors (Lipinski definition) is 3. The van der Waals surface area contributed by atoms with Gasteiger partial charge < -0.3 is 15.6 Å². The molecule has 0 amide bonds. The van der Waals surface area contributed by atoms with E-state index in [2.05, 4.69) is 0 Å². The van der Waals surface area contributed by atoms with Gasteiger partial charge in [-0.3, -0.25) is 4.79 Å². The molecule has 2 atom stereocenters. The van der Waals surface area contributed by atoms with Gasteiger partial charge in [-0.1, -0.05) is 19.9 Å². The predicted octanol–water partition coefficient (Wildman–Crippen LogP) is 2.67. The highest BCUT2D eigenvalue weighted by Gasteiger charge is 2.30. The summed E-state index contributed by atoms with van der Waals surface area (Å²) in [6.45, 7) is 7.66. The largest absolute Gasteiger partial charge is 0.496 e. The lowest BCUT2D eigenvalue weighted by atomic mass is 9.83. The Morgan fingerprint density at radius 3 is 2.26 bits per heavy atom. The Kier molecular flexibility index (Phi) is 4.95. The van der Waals surface area contributed by atoms with E-state index in [9.17, 15) is 9.90 Å². The first-order chi connectivity index (χ1) is 8.81. The molecule has 0 bridgehead atoms. The van der Waals surface area contributed by atoms with Crippen LogP contribution >= 0.6 is 0 Å². The van der Waals surface area contributed by atoms with Crippen molar-refractivity contribution in [3.63, 3.8) is 0 Å². The molecule has 0 saturated carbocycles. The molecule has 1 aromatic carbocycles. The molecule has 0 aromatic heterocycles. The molecule has 4 heteroatoms. The highest BCUT2D eigenvalue weighted by atomic mass is 16.5. The van der Waals surface area contributed by atoms with Crippen molar-refractivity contribution in [3.8, 4) is 5.75 Å². The van der Waals surface area contributed by atoms with Crippen molar-refractivity contribution in [2.75, 3.05) is 7.11 Å². The van der Waals surface area contributed by atoms with Crippen LogP contribution in [0.1, 0.15) is 36.6 Å². The molecule has 0 aliphatic rings. The number of nitrogens with two attached hydrogens (primary N) is 1. The molecule has 106 valence electrons. The third-order valence-corrected chi connectivity index (χ3v) is 3.75. The third-order valence-electron chi connectivity index (χ3n) is 3.75. The number of aliphatic carboxylic acids is 1. The van der Waals surface area contributed by atoms with Gasteiger partial charge in [-0.25, -0.2) is 0 Å². The van der Waals surface area contributed by atoms with Crippen molar-refractivity contribution in [1.29, 1.82) is 0 Å². The fourth-order valence-corrected chi connectivity index (χ4v) is 2.45. The maximum Gasteiger partial charge on any atom is 0.308 e. The third kappa shape index (κ3) is 3.07. The lowest BCUT2D eigenvalue weighted by molar-refractivity contribution is -0.144. The van der Waals surface area contributed by atoms with E-state index < -0.39 is 17.9 Å². The molecular weight excluding hydrogens is 242 g/mol. The number of carboxylic acid groups (broad SMARTS) is 1. The molecule has 19 heavy (non-hydrogen) atoms. The van der Waals surface area contributed by atoms with Crippen LogP contribution in [0, 0.1) is 25.7 Å². The second-order valence-corrected chi connectivity index (χ2v) is 5.24. The van der Waals surface area contributed by atoms with E-state index in [-0.39, 0.29) is 5.92 Å². The lowest BCUT2D eigenvalue weighted by Gasteiger charge is -2.26. The van der Waals surface area contributed by atoms with E-state index in [4.69, 9.17) is 10.5 Å². The van der Waals surface area contributed by atoms with E-state index in [1.54, 1.807) is 7.11 Å². The number of carboxylic acids is 1. The van der Waals surface area contributed by atoms with Gasteiger partial charge >= 0.3 is 5.97 Å². The average molecular weight is 265 g/mol. The Labute approximate surface area is 114 Å². The Morgan fingerprint density at radius 1 is 1.26 bits per heavy atom. The van der Waals surface area contributed by atoms with Crippen molar-refractivity contribution in [3.05, 3.63) is 28.8 Å². The highest BCUT2D eigenvalue weighted by molar-refractivity contribution is 5.71. The van der Waals surface area contributed by atoms with Crippen LogP contribution in [0.15, 0.2) is 12.1 Å². The van der Waals surface area contributed by atoms with Crippen LogP contribution in [0.2, 0.25) is 0 Å². The van der Waals surface area contributed by atoms with Gasteiger partial charge in [-0.05, 0) is 42.5 Å². The van der Waals surface area contributed by atoms with Crippen molar-refractivity contribution in [1.82, 2.24) is 0 Å². The molecule has 1 rings (SSSR count). The molecule has 0 spiro atoms. The number of rotatable bonds is 5. The molecule has 0 aliphatic heterocycles. The maximum absolute atomic E-state index is 11.4. The highest BCUT2D eigenvalue weighted by Crippen LogP contribution is 2.32. The molecule has 0 fully saturated rings. The number of hydrogen-bond donors (Lipinski definition) is 2. The summed E-state index contributed by atoms with van der Waals surface area (Å²) in [5.41, 5.74) is 9.06. The molecule has 0 saturated heterocycles. The van der Waals surface area contributed by atoms with Crippen molar-refractivity contribution >= 4 is 5.97 Å². The van der Waals surface area contributed by atoms with E-state index in [0.29, 0.717) is 0 Å². The standard InChI is InChI=1S/C15H23NO3/c1-8(2)13(15(17)18)14(16)11-6-7-12(19-5)10(4)9(11)3/h6-8,13-14H,16H2,1-5H3,(H,17,18). The van der Waals surface area contributed by atoms with E-state index in [0.717, 1.165) is 22.4 Å². The Bertz CT molecular complexity index is 469. The minimum absolute atomic E-state index is 0.0192. The van der Waals surface area contributed by atoms with E-state index in [1.165, 1.54) is 0 Å². The molecule has 0 radical (unpaired) electrons. The first-order valence-corrected chi connectivity index (χ1v) is 6.43. The molecule has 2 unspecified atom stereocenters. The van der Waals surface area contributed by atoms with Gasteiger partial charge in [0.25, 0.3) is 0 Å².